The molecule has 2 aromatic rings. The minimum atomic E-state index is -0.630. The van der Waals surface area contributed by atoms with Gasteiger partial charge in [0.25, 0.3) is 5.91 Å². The number of benzene rings is 1. The van der Waals surface area contributed by atoms with E-state index >= 15 is 0 Å². The van der Waals surface area contributed by atoms with Gasteiger partial charge in [0.2, 0.25) is 5.91 Å². The lowest BCUT2D eigenvalue weighted by Gasteiger charge is -2.28. The monoisotopic (exact) mass is 500 g/mol. The van der Waals surface area contributed by atoms with Crippen LogP contribution in [0, 0.1) is 30.1 Å². The summed E-state index contributed by atoms with van der Waals surface area (Å²) in [5.41, 5.74) is 0.915. The molecule has 0 bridgehead atoms. The Kier molecular flexibility index (Phi) is 6.30. The standard InChI is InChI=1S/C25H26Cl2N4O3/c1-2-15(11-13-5-4-8-19(13)32)28-24(33)22-16-7-3-6-14(16)12-31(22)25(34)23-29-20-17(26)9-10-18(27)21(20)30-23/h1,9-10,13-16,22H,3-8,11-12H2,(H,28,33)(H,29,30)/t13-,14-,15+,16-,22-/m0/s1. The number of rotatable bonds is 5. The highest BCUT2D eigenvalue weighted by Crippen LogP contribution is 2.43. The number of terminal acetylenes is 1. The predicted octanol–water partition coefficient (Wildman–Crippen LogP) is 3.99. The molecule has 5 rings (SSSR count). The largest absolute Gasteiger partial charge is 0.341 e. The second-order valence-electron chi connectivity index (χ2n) is 9.61. The Morgan fingerprint density at radius 3 is 2.74 bits per heavy atom. The number of aromatic nitrogens is 2. The van der Waals surface area contributed by atoms with Crippen LogP contribution in [0.4, 0.5) is 0 Å². The molecule has 2 amide bonds. The Balaban J connectivity index is 1.38. The number of aromatic amines is 1. The van der Waals surface area contributed by atoms with Crippen molar-refractivity contribution in [3.8, 4) is 12.3 Å². The molecule has 0 spiro atoms. The van der Waals surface area contributed by atoms with Crippen LogP contribution in [0.1, 0.15) is 55.6 Å². The number of hydrogen-bond donors (Lipinski definition) is 2. The average Bonchev–Trinajstić information content (AvgIpc) is 3.59. The van der Waals surface area contributed by atoms with Crippen molar-refractivity contribution in [2.75, 3.05) is 6.54 Å². The van der Waals surface area contributed by atoms with Crippen molar-refractivity contribution in [1.82, 2.24) is 20.2 Å². The van der Waals surface area contributed by atoms with Crippen molar-refractivity contribution in [2.45, 2.75) is 57.0 Å². The maximum absolute atomic E-state index is 13.5. The molecule has 1 aromatic heterocycles. The molecule has 0 unspecified atom stereocenters. The molecule has 1 aliphatic heterocycles. The molecule has 34 heavy (non-hydrogen) atoms. The van der Waals surface area contributed by atoms with Crippen molar-refractivity contribution >= 4 is 51.8 Å². The SMILES string of the molecule is C#C[C@H](C[C@@H]1CCCC1=O)NC(=O)[C@@H]1[C@H]2CCC[C@H]2CN1C(=O)c1nc2c(Cl)ccc(Cl)c2[nH]1. The third-order valence-electron chi connectivity index (χ3n) is 7.64. The topological polar surface area (TPSA) is 95.2 Å². The number of imidazole rings is 1. The molecule has 1 saturated heterocycles. The molecular weight excluding hydrogens is 475 g/mol. The van der Waals surface area contributed by atoms with E-state index in [4.69, 9.17) is 29.6 Å². The van der Waals surface area contributed by atoms with Gasteiger partial charge in [-0.2, -0.15) is 0 Å². The molecule has 1 aromatic carbocycles. The van der Waals surface area contributed by atoms with E-state index < -0.39 is 12.1 Å². The minimum Gasteiger partial charge on any atom is -0.341 e. The van der Waals surface area contributed by atoms with Crippen LogP contribution in [-0.4, -0.2) is 51.1 Å². The van der Waals surface area contributed by atoms with Crippen LogP contribution < -0.4 is 5.32 Å². The number of nitrogens with one attached hydrogen (secondary N) is 2. The number of hydrogen-bond acceptors (Lipinski definition) is 4. The summed E-state index contributed by atoms with van der Waals surface area (Å²) in [5, 5.41) is 3.76. The highest BCUT2D eigenvalue weighted by Gasteiger charge is 2.50. The van der Waals surface area contributed by atoms with Crippen LogP contribution in [0.15, 0.2) is 12.1 Å². The fourth-order valence-corrected chi connectivity index (χ4v) is 6.36. The number of carbonyl (C=O) groups is 3. The molecule has 3 aliphatic rings. The summed E-state index contributed by atoms with van der Waals surface area (Å²) < 4.78 is 0. The lowest BCUT2D eigenvalue weighted by atomic mass is 9.92. The van der Waals surface area contributed by atoms with Gasteiger partial charge >= 0.3 is 0 Å². The third kappa shape index (κ3) is 4.08. The summed E-state index contributed by atoms with van der Waals surface area (Å²) in [4.78, 5) is 48.1. The Morgan fingerprint density at radius 1 is 1.24 bits per heavy atom. The van der Waals surface area contributed by atoms with E-state index in [9.17, 15) is 14.4 Å². The fraction of sp³-hybridized carbons (Fsp3) is 0.520. The highest BCUT2D eigenvalue weighted by molar-refractivity contribution is 6.39. The van der Waals surface area contributed by atoms with Gasteiger partial charge in [-0.1, -0.05) is 35.5 Å². The van der Waals surface area contributed by atoms with Crippen molar-refractivity contribution in [3.05, 3.63) is 28.0 Å². The van der Waals surface area contributed by atoms with Crippen LogP contribution in [-0.2, 0) is 9.59 Å². The highest BCUT2D eigenvalue weighted by atomic mass is 35.5. The molecule has 0 radical (unpaired) electrons. The molecule has 9 heteroatoms. The summed E-state index contributed by atoms with van der Waals surface area (Å²) in [6.07, 6.45) is 11.3. The molecule has 2 aliphatic carbocycles. The molecule has 178 valence electrons. The number of carbonyl (C=O) groups excluding carboxylic acids is 3. The minimum absolute atomic E-state index is 0.0760. The van der Waals surface area contributed by atoms with E-state index in [0.29, 0.717) is 40.5 Å². The van der Waals surface area contributed by atoms with Crippen molar-refractivity contribution in [3.63, 3.8) is 0 Å². The Hall–Kier alpha value is -2.56. The Morgan fingerprint density at radius 2 is 2.03 bits per heavy atom. The van der Waals surface area contributed by atoms with Crippen LogP contribution in [0.3, 0.4) is 0 Å². The zero-order valence-corrected chi connectivity index (χ0v) is 20.2. The second-order valence-corrected chi connectivity index (χ2v) is 10.4. The van der Waals surface area contributed by atoms with Gasteiger partial charge in [0.15, 0.2) is 5.82 Å². The number of likely N-dealkylation sites (tertiary alicyclic amines) is 1. The number of amides is 2. The van der Waals surface area contributed by atoms with Crippen LogP contribution >= 0.6 is 23.2 Å². The van der Waals surface area contributed by atoms with E-state index in [-0.39, 0.29) is 41.2 Å². The van der Waals surface area contributed by atoms with Gasteiger partial charge in [-0.15, -0.1) is 6.42 Å². The number of H-pyrrole nitrogens is 1. The van der Waals surface area contributed by atoms with Crippen molar-refractivity contribution < 1.29 is 14.4 Å². The van der Waals surface area contributed by atoms with Crippen LogP contribution in [0.25, 0.3) is 11.0 Å². The smallest absolute Gasteiger partial charge is 0.290 e. The quantitative estimate of drug-likeness (QED) is 0.606. The molecule has 2 N–H and O–H groups in total. The van der Waals surface area contributed by atoms with Gasteiger partial charge in [-0.05, 0) is 56.1 Å². The maximum Gasteiger partial charge on any atom is 0.290 e. The lowest BCUT2D eigenvalue weighted by Crippen LogP contribution is -2.51. The first-order valence-electron chi connectivity index (χ1n) is 11.8. The number of ketones is 1. The first-order chi connectivity index (χ1) is 16.4. The normalized spacial score (nSPS) is 27.1. The number of halogens is 2. The van der Waals surface area contributed by atoms with Gasteiger partial charge in [-0.25, -0.2) is 4.98 Å². The average molecular weight is 501 g/mol. The van der Waals surface area contributed by atoms with Crippen LogP contribution in [0.5, 0.6) is 0 Å². The van der Waals surface area contributed by atoms with E-state index in [2.05, 4.69) is 21.2 Å². The zero-order valence-electron chi connectivity index (χ0n) is 18.7. The number of nitrogens with zero attached hydrogens (tertiary/aromatic N) is 2. The summed E-state index contributed by atoms with van der Waals surface area (Å²) in [5.74, 6) is 2.56. The van der Waals surface area contributed by atoms with Crippen molar-refractivity contribution in [1.29, 1.82) is 0 Å². The summed E-state index contributed by atoms with van der Waals surface area (Å²) in [6, 6.07) is 2.10. The van der Waals surface area contributed by atoms with Crippen LogP contribution in [0.2, 0.25) is 10.0 Å². The third-order valence-corrected chi connectivity index (χ3v) is 8.26. The maximum atomic E-state index is 13.5. The molecule has 2 heterocycles. The molecule has 7 nitrogen and oxygen atoms in total. The van der Waals surface area contributed by atoms with Gasteiger partial charge < -0.3 is 15.2 Å². The van der Waals surface area contributed by atoms with Gasteiger partial charge in [0, 0.05) is 18.9 Å². The fourth-order valence-electron chi connectivity index (χ4n) is 5.96. The number of fused-ring (bicyclic) bond motifs is 2. The van der Waals surface area contributed by atoms with E-state index in [1.807, 2.05) is 0 Å². The van der Waals surface area contributed by atoms with E-state index in [1.54, 1.807) is 17.0 Å². The first-order valence-corrected chi connectivity index (χ1v) is 12.6. The zero-order chi connectivity index (χ0) is 24.0. The summed E-state index contributed by atoms with van der Waals surface area (Å²) in [7, 11) is 0. The molecule has 2 saturated carbocycles. The molecular formula is C25H26Cl2N4O3. The lowest BCUT2D eigenvalue weighted by molar-refractivity contribution is -0.127. The number of Topliss-reactive ketones (excluding diaryl/α,β-unsaturated/α-hetero) is 1. The van der Waals surface area contributed by atoms with Crippen molar-refractivity contribution in [2.24, 2.45) is 17.8 Å². The van der Waals surface area contributed by atoms with E-state index in [0.717, 1.165) is 32.1 Å². The van der Waals surface area contributed by atoms with Gasteiger partial charge in [-0.3, -0.25) is 14.4 Å². The summed E-state index contributed by atoms with van der Waals surface area (Å²) >= 11 is 12.5. The Bertz CT molecular complexity index is 1160. The molecule has 3 fully saturated rings. The summed E-state index contributed by atoms with van der Waals surface area (Å²) in [6.45, 7) is 0.488. The Labute approximate surface area is 207 Å². The molecule has 5 atom stereocenters. The van der Waals surface area contributed by atoms with E-state index in [1.165, 1.54) is 0 Å². The second kappa shape index (κ2) is 9.24. The predicted molar refractivity (Wildman–Crippen MR) is 129 cm³/mol. The first kappa shape index (κ1) is 23.2. The van der Waals surface area contributed by atoms with Gasteiger partial charge in [0.1, 0.15) is 17.3 Å². The van der Waals surface area contributed by atoms with Gasteiger partial charge in [0.05, 0.1) is 21.6 Å².